The summed E-state index contributed by atoms with van der Waals surface area (Å²) in [6.45, 7) is 4.14. The van der Waals surface area contributed by atoms with E-state index in [2.05, 4.69) is 76.4 Å². The fraction of sp³-hybridized carbons (Fsp3) is 0.667. The first kappa shape index (κ1) is 12.5. The molecular formula is C3H6I3V-. The number of hydrogen-bond acceptors (Lipinski definition) is 0. The molecule has 45 valence electrons. The van der Waals surface area contributed by atoms with Gasteiger partial charge in [0.1, 0.15) is 0 Å². The van der Waals surface area contributed by atoms with Crippen LogP contribution < -0.4 is 0 Å². The topological polar surface area (TPSA) is 0 Å². The normalized spacial score (nSPS) is 7.14. The zero-order valence-corrected chi connectivity index (χ0v) is 12.0. The second-order valence-corrected chi connectivity index (χ2v) is 14.9. The van der Waals surface area contributed by atoms with Crippen molar-refractivity contribution in [3.63, 3.8) is 0 Å². The summed E-state index contributed by atoms with van der Waals surface area (Å²) in [4.78, 5) is 0. The van der Waals surface area contributed by atoms with E-state index in [4.69, 9.17) is 0 Å². The van der Waals surface area contributed by atoms with E-state index in [1.165, 1.54) is 3.92 Å². The molecule has 7 heavy (non-hydrogen) atoms. The first-order valence-electron chi connectivity index (χ1n) is 1.53. The van der Waals surface area contributed by atoms with Gasteiger partial charge in [-0.15, -0.1) is 0 Å². The summed E-state index contributed by atoms with van der Waals surface area (Å²) in [5.74, 6) is 0. The number of rotatable bonds is 0. The van der Waals surface area contributed by atoms with Gasteiger partial charge in [-0.3, -0.25) is 3.92 Å². The molecule has 0 nitrogen and oxygen atoms in total. The molecule has 0 saturated heterocycles. The molecule has 0 saturated carbocycles. The molecule has 0 amide bonds. The van der Waals surface area contributed by atoms with E-state index in [0.717, 1.165) is 0 Å². The minimum absolute atomic E-state index is 0.628. The van der Waals surface area contributed by atoms with Crippen LogP contribution in [0.15, 0.2) is 0 Å². The number of halogens is 3. The van der Waals surface area contributed by atoms with Gasteiger partial charge in [0.25, 0.3) is 0 Å². The van der Waals surface area contributed by atoms with Crippen LogP contribution in [-0.4, -0.2) is 0 Å². The van der Waals surface area contributed by atoms with Crippen LogP contribution in [0.25, 0.3) is 0 Å². The van der Waals surface area contributed by atoms with Crippen molar-refractivity contribution >= 4 is 62.5 Å². The van der Waals surface area contributed by atoms with Crippen molar-refractivity contribution in [3.05, 3.63) is 3.92 Å². The third-order valence-electron chi connectivity index (χ3n) is 0. The van der Waals surface area contributed by atoms with Crippen molar-refractivity contribution in [1.29, 1.82) is 0 Å². The first-order chi connectivity index (χ1) is 3.15. The first-order valence-corrected chi connectivity index (χ1v) is 11.6. The van der Waals surface area contributed by atoms with Crippen LogP contribution >= 0.6 is 62.5 Å². The minimum atomic E-state index is 0.628. The van der Waals surface area contributed by atoms with Gasteiger partial charge in [0.2, 0.25) is 0 Å². The molecule has 0 aromatic carbocycles. The van der Waals surface area contributed by atoms with Gasteiger partial charge < -0.3 is 22.6 Å². The average Bonchev–Trinajstić information content (AvgIpc) is 1.33. The maximum atomic E-state index is 2.37. The van der Waals surface area contributed by atoms with E-state index in [9.17, 15) is 0 Å². The molecule has 0 N–H and O–H groups in total. The van der Waals surface area contributed by atoms with Gasteiger partial charge in [0.15, 0.2) is 0 Å². The summed E-state index contributed by atoms with van der Waals surface area (Å²) < 4.78 is 1.39. The van der Waals surface area contributed by atoms with E-state index < -0.39 is 0 Å². The molecule has 0 fully saturated rings. The molecule has 0 aliphatic carbocycles. The van der Waals surface area contributed by atoms with Gasteiger partial charge >= 0.3 is 49.4 Å². The van der Waals surface area contributed by atoms with Crippen molar-refractivity contribution in [3.8, 4) is 0 Å². The van der Waals surface area contributed by atoms with Crippen molar-refractivity contribution < 1.29 is 9.47 Å². The van der Waals surface area contributed by atoms with Crippen LogP contribution in [0.4, 0.5) is 0 Å². The Kier molecular flexibility index (Phi) is 20.6. The predicted molar refractivity (Wildman–Crippen MR) is 56.7 cm³/mol. The molecule has 0 radical (unpaired) electrons. The van der Waals surface area contributed by atoms with Crippen LogP contribution in [0.5, 0.6) is 0 Å². The van der Waals surface area contributed by atoms with Crippen LogP contribution in [0.3, 0.4) is 0 Å². The molecule has 4 heteroatoms. The Morgan fingerprint density at radius 3 is 1.29 bits per heavy atom. The molecule has 0 bridgehead atoms. The molecule has 0 rings (SSSR count). The van der Waals surface area contributed by atoms with Gasteiger partial charge in [-0.1, -0.05) is 0 Å². The molecule has 0 aromatic rings. The van der Waals surface area contributed by atoms with Gasteiger partial charge in [-0.05, 0) is 0 Å². The van der Waals surface area contributed by atoms with Crippen molar-refractivity contribution in [2.45, 2.75) is 13.8 Å². The monoisotopic (exact) mass is 474 g/mol. The Morgan fingerprint density at radius 1 is 1.29 bits per heavy atom. The molecule has 0 unspecified atom stereocenters. The molecule has 0 aliphatic heterocycles. The van der Waals surface area contributed by atoms with Crippen LogP contribution in [0.1, 0.15) is 13.8 Å². The van der Waals surface area contributed by atoms with Crippen LogP contribution in [0, 0.1) is 3.92 Å². The van der Waals surface area contributed by atoms with Crippen molar-refractivity contribution in [1.82, 2.24) is 0 Å². The molecular weight excluding hydrogens is 468 g/mol. The van der Waals surface area contributed by atoms with E-state index in [1.807, 2.05) is 0 Å². The summed E-state index contributed by atoms with van der Waals surface area (Å²) in [6.07, 6.45) is 0. The summed E-state index contributed by atoms with van der Waals surface area (Å²) in [5, 5.41) is 0. The summed E-state index contributed by atoms with van der Waals surface area (Å²) in [5.41, 5.74) is 0. The Bertz CT molecular complexity index is 21.4. The average molecular weight is 474 g/mol. The van der Waals surface area contributed by atoms with Crippen molar-refractivity contribution in [2.75, 3.05) is 0 Å². The quantitative estimate of drug-likeness (QED) is 0.371. The molecule has 0 heterocycles. The molecule has 0 spiro atoms. The van der Waals surface area contributed by atoms with Gasteiger partial charge in [-0.25, -0.2) is 0 Å². The summed E-state index contributed by atoms with van der Waals surface area (Å²) >= 11 is 7.00. The second-order valence-electron chi connectivity index (χ2n) is 0.942. The fourth-order valence-corrected chi connectivity index (χ4v) is 0. The Morgan fingerprint density at radius 2 is 1.29 bits per heavy atom. The van der Waals surface area contributed by atoms with Gasteiger partial charge in [-0.2, -0.15) is 13.8 Å². The Labute approximate surface area is 87.9 Å². The summed E-state index contributed by atoms with van der Waals surface area (Å²) in [6, 6.07) is 0. The van der Waals surface area contributed by atoms with Crippen LogP contribution in [-0.2, 0) is 9.47 Å². The van der Waals surface area contributed by atoms with E-state index in [1.54, 1.807) is 0 Å². The second kappa shape index (κ2) is 11.6. The standard InChI is InChI=1S/C3H6I.2HI.V/c1-3(2)4;;;/h1-2H3;2*1H;/q-1;;;+2/p-2. The van der Waals surface area contributed by atoms with E-state index >= 15 is 0 Å². The Balaban J connectivity index is 0. The third kappa shape index (κ3) is 52.3. The maximum absolute atomic E-state index is 2.37. The Hall–Kier alpha value is 2.77. The molecule has 0 aliphatic rings. The zero-order valence-electron chi connectivity index (χ0n) is 4.08. The zero-order chi connectivity index (χ0) is 6.28. The van der Waals surface area contributed by atoms with Crippen LogP contribution in [0.2, 0.25) is 0 Å². The summed E-state index contributed by atoms with van der Waals surface area (Å²) in [7, 11) is 0.628. The SMILES string of the molecule is C[C-](C)I.[I][V][I]. The fourth-order valence-electron chi connectivity index (χ4n) is 0. The van der Waals surface area contributed by atoms with E-state index in [0.29, 0.717) is 9.47 Å². The molecule has 0 atom stereocenters. The third-order valence-corrected chi connectivity index (χ3v) is 0. The van der Waals surface area contributed by atoms with E-state index in [-0.39, 0.29) is 0 Å². The molecule has 0 aromatic heterocycles. The predicted octanol–water partition coefficient (Wildman–Crippen LogP) is 3.76. The number of hydrogen-bond donors (Lipinski definition) is 0. The van der Waals surface area contributed by atoms with Crippen molar-refractivity contribution in [2.24, 2.45) is 0 Å². The van der Waals surface area contributed by atoms with Gasteiger partial charge in [0.05, 0.1) is 0 Å². The van der Waals surface area contributed by atoms with Gasteiger partial charge in [0, 0.05) is 0 Å².